The SMILES string of the molecule is O=c1ccn([C@@H]2O[C@@H](COC(c3ccccc3)(c3ccccc3)c3ccccc3)C[C@H]2O)c(=O)[nH]1. The Kier molecular flexibility index (Phi) is 6.46. The quantitative estimate of drug-likeness (QED) is 0.405. The van der Waals surface area contributed by atoms with Gasteiger partial charge in [0.1, 0.15) is 11.7 Å². The Morgan fingerprint density at radius 3 is 1.86 bits per heavy atom. The maximum Gasteiger partial charge on any atom is 0.330 e. The molecule has 1 aromatic heterocycles. The number of aromatic amines is 1. The lowest BCUT2D eigenvalue weighted by atomic mass is 9.80. The second-order valence-electron chi connectivity index (χ2n) is 8.56. The van der Waals surface area contributed by atoms with E-state index in [2.05, 4.69) is 4.98 Å². The number of aliphatic hydroxyl groups is 1. The Morgan fingerprint density at radius 1 is 0.857 bits per heavy atom. The van der Waals surface area contributed by atoms with Crippen molar-refractivity contribution in [2.75, 3.05) is 6.61 Å². The Balaban J connectivity index is 1.49. The van der Waals surface area contributed by atoms with Crippen molar-refractivity contribution in [1.82, 2.24) is 9.55 Å². The van der Waals surface area contributed by atoms with Crippen LogP contribution in [-0.2, 0) is 15.1 Å². The molecule has 0 aliphatic carbocycles. The number of nitrogens with one attached hydrogen (secondary N) is 1. The number of rotatable bonds is 7. The number of nitrogens with zero attached hydrogens (tertiary/aromatic N) is 1. The third-order valence-corrected chi connectivity index (χ3v) is 6.32. The van der Waals surface area contributed by atoms with Gasteiger partial charge in [-0.2, -0.15) is 0 Å². The first-order chi connectivity index (χ1) is 17.1. The molecule has 1 aliphatic rings. The monoisotopic (exact) mass is 470 g/mol. The first-order valence-corrected chi connectivity index (χ1v) is 11.5. The summed E-state index contributed by atoms with van der Waals surface area (Å²) in [5.74, 6) is 0. The largest absolute Gasteiger partial charge is 0.388 e. The maximum absolute atomic E-state index is 12.2. The van der Waals surface area contributed by atoms with Crippen molar-refractivity contribution >= 4 is 0 Å². The molecule has 35 heavy (non-hydrogen) atoms. The van der Waals surface area contributed by atoms with E-state index >= 15 is 0 Å². The molecule has 3 atom stereocenters. The highest BCUT2D eigenvalue weighted by atomic mass is 16.6. The normalized spacial score (nSPS) is 20.1. The molecular weight excluding hydrogens is 444 g/mol. The first kappa shape index (κ1) is 23.0. The predicted octanol–water partition coefficient (Wildman–Crippen LogP) is 3.19. The Hall–Kier alpha value is -3.78. The highest BCUT2D eigenvalue weighted by molar-refractivity contribution is 5.47. The topological polar surface area (TPSA) is 93.5 Å². The van der Waals surface area contributed by atoms with Crippen LogP contribution in [0.4, 0.5) is 0 Å². The molecule has 0 spiro atoms. The highest BCUT2D eigenvalue weighted by Crippen LogP contribution is 2.41. The Labute approximate surface area is 202 Å². The molecule has 7 nitrogen and oxygen atoms in total. The van der Waals surface area contributed by atoms with Crippen LogP contribution < -0.4 is 11.2 Å². The minimum Gasteiger partial charge on any atom is -0.388 e. The average Bonchev–Trinajstić information content (AvgIpc) is 3.26. The third-order valence-electron chi connectivity index (χ3n) is 6.32. The molecule has 2 heterocycles. The lowest BCUT2D eigenvalue weighted by Crippen LogP contribution is -2.36. The molecule has 2 N–H and O–H groups in total. The molecule has 178 valence electrons. The fourth-order valence-electron chi connectivity index (χ4n) is 4.70. The zero-order valence-electron chi connectivity index (χ0n) is 19.0. The molecule has 1 fully saturated rings. The van der Waals surface area contributed by atoms with Gasteiger partial charge < -0.3 is 14.6 Å². The van der Waals surface area contributed by atoms with E-state index in [-0.39, 0.29) is 13.0 Å². The fraction of sp³-hybridized carbons (Fsp3) is 0.214. The van der Waals surface area contributed by atoms with Crippen LogP contribution in [0.3, 0.4) is 0 Å². The predicted molar refractivity (Wildman–Crippen MR) is 131 cm³/mol. The summed E-state index contributed by atoms with van der Waals surface area (Å²) in [6.45, 7) is 0.171. The molecule has 5 rings (SSSR count). The second kappa shape index (κ2) is 9.84. The van der Waals surface area contributed by atoms with Crippen LogP contribution in [0.15, 0.2) is 113 Å². The van der Waals surface area contributed by atoms with Crippen LogP contribution in [0.25, 0.3) is 0 Å². The van der Waals surface area contributed by atoms with E-state index in [1.807, 2.05) is 91.0 Å². The molecule has 1 saturated heterocycles. The van der Waals surface area contributed by atoms with E-state index in [1.165, 1.54) is 16.8 Å². The lowest BCUT2D eigenvalue weighted by Gasteiger charge is -2.36. The number of aromatic nitrogens is 2. The van der Waals surface area contributed by atoms with Gasteiger partial charge in [0.25, 0.3) is 5.56 Å². The third kappa shape index (κ3) is 4.49. The van der Waals surface area contributed by atoms with Gasteiger partial charge in [0.05, 0.1) is 12.7 Å². The van der Waals surface area contributed by atoms with Crippen LogP contribution in [-0.4, -0.2) is 33.5 Å². The Morgan fingerprint density at radius 2 is 1.37 bits per heavy atom. The van der Waals surface area contributed by atoms with Crippen molar-refractivity contribution in [1.29, 1.82) is 0 Å². The van der Waals surface area contributed by atoms with E-state index < -0.39 is 35.3 Å². The molecule has 0 amide bonds. The van der Waals surface area contributed by atoms with Gasteiger partial charge in [0, 0.05) is 18.7 Å². The molecule has 0 unspecified atom stereocenters. The summed E-state index contributed by atoms with van der Waals surface area (Å²) in [7, 11) is 0. The average molecular weight is 471 g/mol. The van der Waals surface area contributed by atoms with Crippen molar-refractivity contribution in [3.63, 3.8) is 0 Å². The molecule has 7 heteroatoms. The summed E-state index contributed by atoms with van der Waals surface area (Å²) in [6.07, 6.45) is -0.686. The molecular formula is C28H26N2O5. The van der Waals surface area contributed by atoms with Crippen LogP contribution in [0.1, 0.15) is 29.3 Å². The second-order valence-corrected chi connectivity index (χ2v) is 8.56. The van der Waals surface area contributed by atoms with Gasteiger partial charge in [-0.15, -0.1) is 0 Å². The Bertz CT molecular complexity index is 1270. The number of hydrogen-bond donors (Lipinski definition) is 2. The summed E-state index contributed by atoms with van der Waals surface area (Å²) in [5, 5.41) is 10.7. The van der Waals surface area contributed by atoms with Gasteiger partial charge in [0.2, 0.25) is 0 Å². The van der Waals surface area contributed by atoms with Crippen molar-refractivity contribution in [3.05, 3.63) is 141 Å². The smallest absolute Gasteiger partial charge is 0.330 e. The number of benzene rings is 3. The number of ether oxygens (including phenoxy) is 2. The van der Waals surface area contributed by atoms with Gasteiger partial charge in [-0.3, -0.25) is 14.3 Å². The minimum atomic E-state index is -0.924. The van der Waals surface area contributed by atoms with E-state index in [1.54, 1.807) is 0 Å². The molecule has 4 aromatic rings. The molecule has 0 radical (unpaired) electrons. The van der Waals surface area contributed by atoms with Crippen LogP contribution in [0, 0.1) is 0 Å². The lowest BCUT2D eigenvalue weighted by molar-refractivity contribution is -0.0875. The van der Waals surface area contributed by atoms with Gasteiger partial charge in [-0.1, -0.05) is 91.0 Å². The number of H-pyrrole nitrogens is 1. The van der Waals surface area contributed by atoms with E-state index in [9.17, 15) is 14.7 Å². The van der Waals surface area contributed by atoms with E-state index in [0.717, 1.165) is 16.7 Å². The van der Waals surface area contributed by atoms with Gasteiger partial charge in [0.15, 0.2) is 6.23 Å². The van der Waals surface area contributed by atoms with Crippen molar-refractivity contribution in [2.45, 2.75) is 30.5 Å². The first-order valence-electron chi connectivity index (χ1n) is 11.5. The van der Waals surface area contributed by atoms with Gasteiger partial charge in [-0.25, -0.2) is 4.79 Å². The molecule has 3 aromatic carbocycles. The molecule has 1 aliphatic heterocycles. The van der Waals surface area contributed by atoms with E-state index in [0.29, 0.717) is 0 Å². The summed E-state index contributed by atoms with van der Waals surface area (Å²) < 4.78 is 14.0. The molecule has 0 bridgehead atoms. The van der Waals surface area contributed by atoms with Crippen LogP contribution in [0.5, 0.6) is 0 Å². The zero-order chi connectivity index (χ0) is 24.3. The summed E-state index contributed by atoms with van der Waals surface area (Å²) >= 11 is 0. The van der Waals surface area contributed by atoms with Crippen molar-refractivity contribution in [3.8, 4) is 0 Å². The number of hydrogen-bond acceptors (Lipinski definition) is 5. The van der Waals surface area contributed by atoms with Crippen LogP contribution >= 0.6 is 0 Å². The fourth-order valence-corrected chi connectivity index (χ4v) is 4.70. The zero-order valence-corrected chi connectivity index (χ0v) is 19.0. The van der Waals surface area contributed by atoms with E-state index in [4.69, 9.17) is 9.47 Å². The van der Waals surface area contributed by atoms with Gasteiger partial charge >= 0.3 is 5.69 Å². The maximum atomic E-state index is 12.2. The summed E-state index contributed by atoms with van der Waals surface area (Å²) in [5.41, 5.74) is 0.843. The van der Waals surface area contributed by atoms with Crippen molar-refractivity contribution in [2.24, 2.45) is 0 Å². The van der Waals surface area contributed by atoms with Crippen LogP contribution in [0.2, 0.25) is 0 Å². The summed E-state index contributed by atoms with van der Waals surface area (Å²) in [6, 6.07) is 31.2. The molecule has 0 saturated carbocycles. The number of aliphatic hydroxyl groups excluding tert-OH is 1. The van der Waals surface area contributed by atoms with Gasteiger partial charge in [-0.05, 0) is 16.7 Å². The summed E-state index contributed by atoms with van der Waals surface area (Å²) in [4.78, 5) is 25.9. The standard InChI is InChI=1S/C28H26N2O5/c31-24-18-23(35-26(24)30-17-16-25(32)29-27(30)33)19-34-28(20-10-4-1-5-11-20,21-12-6-2-7-13-21)22-14-8-3-9-15-22/h1-17,23-24,26,31H,18-19H2,(H,29,32,33)/t23-,24-,26-/m1/s1. The minimum absolute atomic E-state index is 0.171. The van der Waals surface area contributed by atoms with Crippen molar-refractivity contribution < 1.29 is 14.6 Å². The highest BCUT2D eigenvalue weighted by Gasteiger charge is 2.41.